The molecule has 0 aliphatic carbocycles. The van der Waals surface area contributed by atoms with Crippen LogP contribution < -0.4 is 5.73 Å². The summed E-state index contributed by atoms with van der Waals surface area (Å²) in [7, 11) is -2.94. The number of thioether (sulfide) groups is 1. The van der Waals surface area contributed by atoms with Crippen molar-refractivity contribution in [2.75, 3.05) is 37.4 Å². The van der Waals surface area contributed by atoms with Crippen LogP contribution in [0.5, 0.6) is 0 Å². The number of hydrogen-bond acceptors (Lipinski definition) is 5. The fourth-order valence-electron chi connectivity index (χ4n) is 1.90. The second kappa shape index (κ2) is 6.83. The number of nitrogens with two attached hydrogens (primary N) is 1. The van der Waals surface area contributed by atoms with Gasteiger partial charge in [0, 0.05) is 24.3 Å². The van der Waals surface area contributed by atoms with Crippen molar-refractivity contribution >= 4 is 21.6 Å². The van der Waals surface area contributed by atoms with Crippen molar-refractivity contribution in [2.45, 2.75) is 24.6 Å². The molecule has 96 valence electrons. The number of sulfone groups is 1. The topological polar surface area (TPSA) is 63.4 Å². The molecular formula is C10H22N2O2S2. The van der Waals surface area contributed by atoms with Crippen molar-refractivity contribution < 1.29 is 8.42 Å². The van der Waals surface area contributed by atoms with E-state index in [1.165, 1.54) is 6.26 Å². The summed E-state index contributed by atoms with van der Waals surface area (Å²) in [6.45, 7) is 2.51. The lowest BCUT2D eigenvalue weighted by Gasteiger charge is -2.33. The summed E-state index contributed by atoms with van der Waals surface area (Å²) < 4.78 is 23.2. The summed E-state index contributed by atoms with van der Waals surface area (Å²) >= 11 is 1.74. The van der Waals surface area contributed by atoms with Crippen molar-refractivity contribution in [3.05, 3.63) is 0 Å². The van der Waals surface area contributed by atoms with Crippen molar-refractivity contribution in [3.63, 3.8) is 0 Å². The second-order valence-electron chi connectivity index (χ2n) is 4.24. The first-order chi connectivity index (χ1) is 7.55. The van der Waals surface area contributed by atoms with Crippen LogP contribution in [0, 0.1) is 0 Å². The van der Waals surface area contributed by atoms with E-state index in [2.05, 4.69) is 4.90 Å². The fraction of sp³-hybridized carbons (Fsp3) is 1.00. The maximum absolute atomic E-state index is 11.6. The van der Waals surface area contributed by atoms with E-state index in [1.807, 2.05) is 0 Å². The van der Waals surface area contributed by atoms with Gasteiger partial charge in [-0.25, -0.2) is 8.42 Å². The van der Waals surface area contributed by atoms with Crippen LogP contribution in [0.25, 0.3) is 0 Å². The highest BCUT2D eigenvalue weighted by Crippen LogP contribution is 2.20. The molecule has 0 bridgehead atoms. The van der Waals surface area contributed by atoms with Gasteiger partial charge in [0.15, 0.2) is 9.84 Å². The van der Waals surface area contributed by atoms with Gasteiger partial charge in [0.25, 0.3) is 0 Å². The summed E-state index contributed by atoms with van der Waals surface area (Å²) in [4.78, 5) is 2.11. The van der Waals surface area contributed by atoms with Gasteiger partial charge in [-0.1, -0.05) is 6.42 Å². The molecule has 1 aliphatic rings. The SMILES string of the molecule is CS(=O)(=O)C1CSCCN1CCCCCN. The molecule has 1 heterocycles. The molecule has 0 aromatic rings. The maximum Gasteiger partial charge on any atom is 0.164 e. The summed E-state index contributed by atoms with van der Waals surface area (Å²) in [6, 6.07) is 0. The highest BCUT2D eigenvalue weighted by atomic mass is 32.2. The molecule has 1 aliphatic heterocycles. The first-order valence-corrected chi connectivity index (χ1v) is 8.87. The van der Waals surface area contributed by atoms with Gasteiger partial charge in [-0.3, -0.25) is 4.90 Å². The van der Waals surface area contributed by atoms with E-state index in [9.17, 15) is 8.42 Å². The molecule has 0 aromatic carbocycles. The van der Waals surface area contributed by atoms with Gasteiger partial charge in [0.2, 0.25) is 0 Å². The molecule has 0 saturated carbocycles. The predicted molar refractivity (Wildman–Crippen MR) is 70.4 cm³/mol. The molecule has 16 heavy (non-hydrogen) atoms. The Balaban J connectivity index is 2.42. The van der Waals surface area contributed by atoms with E-state index in [4.69, 9.17) is 5.73 Å². The third-order valence-corrected chi connectivity index (χ3v) is 5.52. The Morgan fingerprint density at radius 3 is 2.75 bits per heavy atom. The molecular weight excluding hydrogens is 244 g/mol. The monoisotopic (exact) mass is 266 g/mol. The van der Waals surface area contributed by atoms with Crippen LogP contribution in [-0.4, -0.2) is 56.1 Å². The van der Waals surface area contributed by atoms with Crippen LogP contribution in [0.4, 0.5) is 0 Å². The van der Waals surface area contributed by atoms with Gasteiger partial charge >= 0.3 is 0 Å². The Morgan fingerprint density at radius 1 is 1.38 bits per heavy atom. The lowest BCUT2D eigenvalue weighted by molar-refractivity contribution is 0.264. The summed E-state index contributed by atoms with van der Waals surface area (Å²) in [5, 5.41) is -0.274. The predicted octanol–water partition coefficient (Wildman–Crippen LogP) is 0.535. The zero-order valence-electron chi connectivity index (χ0n) is 9.89. The lowest BCUT2D eigenvalue weighted by atomic mass is 10.2. The zero-order valence-corrected chi connectivity index (χ0v) is 11.5. The Bertz CT molecular complexity index is 293. The average Bonchev–Trinajstić information content (AvgIpc) is 2.24. The molecule has 1 saturated heterocycles. The van der Waals surface area contributed by atoms with Gasteiger partial charge in [-0.15, -0.1) is 0 Å². The average molecular weight is 266 g/mol. The Kier molecular flexibility index (Phi) is 6.10. The molecule has 0 radical (unpaired) electrons. The van der Waals surface area contributed by atoms with Crippen LogP contribution in [0.1, 0.15) is 19.3 Å². The van der Waals surface area contributed by atoms with E-state index < -0.39 is 9.84 Å². The van der Waals surface area contributed by atoms with Crippen molar-refractivity contribution in [1.82, 2.24) is 4.90 Å². The van der Waals surface area contributed by atoms with Gasteiger partial charge in [-0.2, -0.15) is 11.8 Å². The summed E-state index contributed by atoms with van der Waals surface area (Å²) in [5.41, 5.74) is 5.43. The lowest BCUT2D eigenvalue weighted by Crippen LogP contribution is -2.47. The molecule has 6 heteroatoms. The van der Waals surface area contributed by atoms with Gasteiger partial charge < -0.3 is 5.73 Å². The standard InChI is InChI=1S/C10H22N2O2S2/c1-16(13,14)10-9-15-8-7-12(10)6-4-2-3-5-11/h10H,2-9,11H2,1H3. The van der Waals surface area contributed by atoms with Crippen molar-refractivity contribution in [1.29, 1.82) is 0 Å². The third kappa shape index (κ3) is 4.61. The molecule has 1 rings (SSSR count). The number of rotatable bonds is 6. The van der Waals surface area contributed by atoms with E-state index in [-0.39, 0.29) is 5.37 Å². The van der Waals surface area contributed by atoms with Gasteiger partial charge in [0.1, 0.15) is 5.37 Å². The number of nitrogens with zero attached hydrogens (tertiary/aromatic N) is 1. The quantitative estimate of drug-likeness (QED) is 0.711. The smallest absolute Gasteiger partial charge is 0.164 e. The Hall–Kier alpha value is 0.220. The van der Waals surface area contributed by atoms with Crippen LogP contribution in [0.2, 0.25) is 0 Å². The van der Waals surface area contributed by atoms with Crippen molar-refractivity contribution in [2.24, 2.45) is 5.73 Å². The molecule has 2 N–H and O–H groups in total. The molecule has 0 aromatic heterocycles. The highest BCUT2D eigenvalue weighted by molar-refractivity contribution is 8.00. The van der Waals surface area contributed by atoms with E-state index in [0.29, 0.717) is 0 Å². The normalized spacial score (nSPS) is 23.5. The van der Waals surface area contributed by atoms with Crippen LogP contribution >= 0.6 is 11.8 Å². The van der Waals surface area contributed by atoms with E-state index in [1.54, 1.807) is 11.8 Å². The van der Waals surface area contributed by atoms with Gasteiger partial charge in [0.05, 0.1) is 0 Å². The number of unbranched alkanes of at least 4 members (excludes halogenated alkanes) is 2. The summed E-state index contributed by atoms with van der Waals surface area (Å²) in [6.07, 6.45) is 4.52. The maximum atomic E-state index is 11.6. The first kappa shape index (κ1) is 14.3. The first-order valence-electron chi connectivity index (χ1n) is 5.76. The Morgan fingerprint density at radius 2 is 2.12 bits per heavy atom. The minimum Gasteiger partial charge on any atom is -0.330 e. The fourth-order valence-corrected chi connectivity index (χ4v) is 4.87. The third-order valence-electron chi connectivity index (χ3n) is 2.83. The number of hydrogen-bond donors (Lipinski definition) is 1. The summed E-state index contributed by atoms with van der Waals surface area (Å²) in [5.74, 6) is 1.76. The molecule has 4 nitrogen and oxygen atoms in total. The van der Waals surface area contributed by atoms with E-state index in [0.717, 1.165) is 50.4 Å². The second-order valence-corrected chi connectivity index (χ2v) is 7.60. The van der Waals surface area contributed by atoms with Crippen LogP contribution in [0.3, 0.4) is 0 Å². The molecule has 0 spiro atoms. The molecule has 1 atom stereocenters. The molecule has 0 amide bonds. The largest absolute Gasteiger partial charge is 0.330 e. The highest BCUT2D eigenvalue weighted by Gasteiger charge is 2.30. The molecule has 1 unspecified atom stereocenters. The van der Waals surface area contributed by atoms with E-state index >= 15 is 0 Å². The molecule has 1 fully saturated rings. The minimum atomic E-state index is -2.94. The zero-order chi connectivity index (χ0) is 12.0. The van der Waals surface area contributed by atoms with Crippen molar-refractivity contribution in [3.8, 4) is 0 Å². The Labute approximate surface area is 103 Å². The van der Waals surface area contributed by atoms with Crippen LogP contribution in [0.15, 0.2) is 0 Å². The minimum absolute atomic E-state index is 0.274. The van der Waals surface area contributed by atoms with Gasteiger partial charge in [-0.05, 0) is 25.9 Å². The van der Waals surface area contributed by atoms with Crippen LogP contribution in [-0.2, 0) is 9.84 Å².